The van der Waals surface area contributed by atoms with Gasteiger partial charge < -0.3 is 15.9 Å². The third-order valence-corrected chi connectivity index (χ3v) is 6.52. The standard InChI is InChI=1S/C17H23N5O3S2/c1-4-25-16(24)14-11-6-5-9(2)7-12(11)27-15(14)19-13(23)8-26-17-21-20-10(3)22(17)18/h9H,4-8,18H2,1-3H3,(H,19,23)/t9-/m1/s1. The number of carbonyl (C=O) groups is 2. The molecule has 0 saturated carbocycles. The molecule has 0 aromatic carbocycles. The van der Waals surface area contributed by atoms with Crippen molar-refractivity contribution in [3.05, 3.63) is 21.8 Å². The summed E-state index contributed by atoms with van der Waals surface area (Å²) in [5.41, 5.74) is 1.54. The molecule has 0 spiro atoms. The molecule has 1 atom stereocenters. The van der Waals surface area contributed by atoms with Gasteiger partial charge in [0.25, 0.3) is 0 Å². The number of thioether (sulfide) groups is 1. The number of carbonyl (C=O) groups excluding carboxylic acids is 2. The molecule has 1 amide bonds. The first kappa shape index (κ1) is 19.7. The number of hydrogen-bond donors (Lipinski definition) is 2. The van der Waals surface area contributed by atoms with Crippen molar-refractivity contribution in [1.82, 2.24) is 14.9 Å². The number of nitrogens with two attached hydrogens (primary N) is 1. The first-order valence-electron chi connectivity index (χ1n) is 8.82. The molecule has 2 aromatic rings. The maximum Gasteiger partial charge on any atom is 0.341 e. The van der Waals surface area contributed by atoms with Crippen LogP contribution >= 0.6 is 23.1 Å². The predicted molar refractivity (Wildman–Crippen MR) is 106 cm³/mol. The van der Waals surface area contributed by atoms with Crippen LogP contribution in [0.25, 0.3) is 0 Å². The number of hydrogen-bond acceptors (Lipinski definition) is 8. The van der Waals surface area contributed by atoms with Gasteiger partial charge in [-0.05, 0) is 44.6 Å². The van der Waals surface area contributed by atoms with Gasteiger partial charge in [0.05, 0.1) is 17.9 Å². The normalized spacial score (nSPS) is 16.0. The van der Waals surface area contributed by atoms with Crippen LogP contribution in [0.15, 0.2) is 5.16 Å². The first-order chi connectivity index (χ1) is 12.9. The zero-order valence-corrected chi connectivity index (χ0v) is 17.2. The first-order valence-corrected chi connectivity index (χ1v) is 10.6. The summed E-state index contributed by atoms with van der Waals surface area (Å²) in [6, 6.07) is 0. The van der Waals surface area contributed by atoms with Crippen LogP contribution in [-0.4, -0.2) is 39.1 Å². The lowest BCUT2D eigenvalue weighted by Crippen LogP contribution is -2.18. The molecule has 0 unspecified atom stereocenters. The fourth-order valence-corrected chi connectivity index (χ4v) is 5.12. The summed E-state index contributed by atoms with van der Waals surface area (Å²) in [4.78, 5) is 26.1. The van der Waals surface area contributed by atoms with Crippen molar-refractivity contribution >= 4 is 40.0 Å². The molecule has 0 fully saturated rings. The molecule has 1 aliphatic rings. The monoisotopic (exact) mass is 409 g/mol. The van der Waals surface area contributed by atoms with Crippen LogP contribution in [0.5, 0.6) is 0 Å². The Kier molecular flexibility index (Phi) is 6.05. The van der Waals surface area contributed by atoms with E-state index in [9.17, 15) is 9.59 Å². The van der Waals surface area contributed by atoms with E-state index in [4.69, 9.17) is 10.6 Å². The fourth-order valence-electron chi connectivity index (χ4n) is 3.00. The number of anilines is 1. The number of nitrogens with zero attached hydrogens (tertiary/aromatic N) is 3. The van der Waals surface area contributed by atoms with E-state index in [1.807, 2.05) is 0 Å². The van der Waals surface area contributed by atoms with Crippen molar-refractivity contribution in [3.8, 4) is 0 Å². The Morgan fingerprint density at radius 3 is 2.89 bits per heavy atom. The van der Waals surface area contributed by atoms with Crippen LogP contribution in [0, 0.1) is 12.8 Å². The average Bonchev–Trinajstić information content (AvgIpc) is 3.13. The molecule has 3 N–H and O–H groups in total. The van der Waals surface area contributed by atoms with Gasteiger partial charge in [0.1, 0.15) is 10.8 Å². The number of aromatic nitrogens is 3. The third kappa shape index (κ3) is 4.27. The molecule has 0 aliphatic heterocycles. The summed E-state index contributed by atoms with van der Waals surface area (Å²) >= 11 is 2.67. The van der Waals surface area contributed by atoms with Crippen LogP contribution in [0.2, 0.25) is 0 Å². The molecule has 2 aromatic heterocycles. The molecule has 0 bridgehead atoms. The van der Waals surface area contributed by atoms with Crippen LogP contribution in [-0.2, 0) is 22.4 Å². The van der Waals surface area contributed by atoms with Crippen LogP contribution in [0.1, 0.15) is 46.9 Å². The molecular formula is C17H23N5O3S2. The van der Waals surface area contributed by atoms with Crippen LogP contribution in [0.4, 0.5) is 5.00 Å². The van der Waals surface area contributed by atoms with Crippen molar-refractivity contribution in [1.29, 1.82) is 0 Å². The van der Waals surface area contributed by atoms with E-state index in [1.165, 1.54) is 27.8 Å². The van der Waals surface area contributed by atoms with E-state index < -0.39 is 0 Å². The number of nitrogen functional groups attached to an aromatic ring is 1. The summed E-state index contributed by atoms with van der Waals surface area (Å²) in [5.74, 6) is 6.47. The Labute approximate surface area is 165 Å². The third-order valence-electron chi connectivity index (χ3n) is 4.41. The zero-order chi connectivity index (χ0) is 19.6. The molecule has 146 valence electrons. The predicted octanol–water partition coefficient (Wildman–Crippen LogP) is 2.39. The minimum Gasteiger partial charge on any atom is -0.462 e. The second kappa shape index (κ2) is 8.30. The maximum atomic E-state index is 12.5. The number of thiophene rings is 1. The zero-order valence-electron chi connectivity index (χ0n) is 15.6. The lowest BCUT2D eigenvalue weighted by atomic mass is 9.88. The van der Waals surface area contributed by atoms with E-state index in [1.54, 1.807) is 13.8 Å². The molecule has 3 rings (SSSR count). The molecular weight excluding hydrogens is 386 g/mol. The Morgan fingerprint density at radius 1 is 1.44 bits per heavy atom. The number of amides is 1. The van der Waals surface area contributed by atoms with E-state index >= 15 is 0 Å². The summed E-state index contributed by atoms with van der Waals surface area (Å²) in [6.45, 7) is 6.01. The summed E-state index contributed by atoms with van der Waals surface area (Å²) in [5, 5.41) is 11.7. The molecule has 27 heavy (non-hydrogen) atoms. The number of esters is 1. The summed E-state index contributed by atoms with van der Waals surface area (Å²) < 4.78 is 6.56. The average molecular weight is 410 g/mol. The quantitative estimate of drug-likeness (QED) is 0.428. The molecule has 8 nitrogen and oxygen atoms in total. The number of fused-ring (bicyclic) bond motifs is 1. The number of aryl methyl sites for hydroxylation is 1. The van der Waals surface area contributed by atoms with E-state index in [0.717, 1.165) is 29.7 Å². The Balaban J connectivity index is 1.76. The number of ether oxygens (including phenoxy) is 1. The van der Waals surface area contributed by atoms with Gasteiger partial charge in [0.15, 0.2) is 0 Å². The van der Waals surface area contributed by atoms with Crippen LogP contribution in [0.3, 0.4) is 0 Å². The molecule has 0 saturated heterocycles. The largest absolute Gasteiger partial charge is 0.462 e. The Bertz CT molecular complexity index is 861. The van der Waals surface area contributed by atoms with Crippen molar-refractivity contribution in [2.45, 2.75) is 45.2 Å². The number of nitrogens with one attached hydrogen (secondary N) is 1. The van der Waals surface area contributed by atoms with Gasteiger partial charge >= 0.3 is 5.97 Å². The Morgan fingerprint density at radius 2 is 2.22 bits per heavy atom. The molecule has 10 heteroatoms. The van der Waals surface area contributed by atoms with Gasteiger partial charge in [-0.25, -0.2) is 9.47 Å². The smallest absolute Gasteiger partial charge is 0.341 e. The second-order valence-electron chi connectivity index (χ2n) is 6.51. The second-order valence-corrected chi connectivity index (χ2v) is 8.56. The van der Waals surface area contributed by atoms with Crippen molar-refractivity contribution < 1.29 is 14.3 Å². The van der Waals surface area contributed by atoms with Gasteiger partial charge in [-0.2, -0.15) is 0 Å². The summed E-state index contributed by atoms with van der Waals surface area (Å²) in [6.07, 6.45) is 2.79. The minimum atomic E-state index is -0.371. The van der Waals surface area contributed by atoms with Crippen molar-refractivity contribution in [2.75, 3.05) is 23.5 Å². The lowest BCUT2D eigenvalue weighted by molar-refractivity contribution is -0.113. The van der Waals surface area contributed by atoms with Crippen molar-refractivity contribution in [3.63, 3.8) is 0 Å². The van der Waals surface area contributed by atoms with E-state index in [2.05, 4.69) is 22.4 Å². The molecule has 1 aliphatic carbocycles. The maximum absolute atomic E-state index is 12.5. The van der Waals surface area contributed by atoms with Gasteiger partial charge in [-0.15, -0.1) is 21.5 Å². The highest BCUT2D eigenvalue weighted by Crippen LogP contribution is 2.40. The Hall–Kier alpha value is -2.07. The van der Waals surface area contributed by atoms with Gasteiger partial charge in [0, 0.05) is 4.88 Å². The minimum absolute atomic E-state index is 0.122. The SMILES string of the molecule is CCOC(=O)c1c(NC(=O)CSc2nnc(C)n2N)sc2c1CC[C@@H](C)C2. The molecule has 2 heterocycles. The topological polar surface area (TPSA) is 112 Å². The van der Waals surface area contributed by atoms with Crippen molar-refractivity contribution in [2.24, 2.45) is 5.92 Å². The van der Waals surface area contributed by atoms with Gasteiger partial charge in [0.2, 0.25) is 11.1 Å². The summed E-state index contributed by atoms with van der Waals surface area (Å²) in [7, 11) is 0. The highest BCUT2D eigenvalue weighted by atomic mass is 32.2. The number of rotatable bonds is 6. The highest BCUT2D eigenvalue weighted by molar-refractivity contribution is 7.99. The van der Waals surface area contributed by atoms with E-state index in [0.29, 0.717) is 34.1 Å². The lowest BCUT2D eigenvalue weighted by Gasteiger charge is -2.18. The van der Waals surface area contributed by atoms with E-state index in [-0.39, 0.29) is 17.6 Å². The fraction of sp³-hybridized carbons (Fsp3) is 0.529. The highest BCUT2D eigenvalue weighted by Gasteiger charge is 2.29. The molecule has 0 radical (unpaired) electrons. The van der Waals surface area contributed by atoms with Gasteiger partial charge in [-0.1, -0.05) is 18.7 Å². The van der Waals surface area contributed by atoms with Crippen LogP contribution < -0.4 is 11.2 Å². The van der Waals surface area contributed by atoms with Gasteiger partial charge in [-0.3, -0.25) is 4.79 Å².